The van der Waals surface area contributed by atoms with Gasteiger partial charge in [0.25, 0.3) is 0 Å². The summed E-state index contributed by atoms with van der Waals surface area (Å²) in [4.78, 5) is 10.5. The lowest BCUT2D eigenvalue weighted by Crippen LogP contribution is -1.85. The minimum Gasteiger partial charge on any atom is -0.298 e. The van der Waals surface area contributed by atoms with E-state index in [0.29, 0.717) is 22.6 Å². The van der Waals surface area contributed by atoms with E-state index in [1.165, 1.54) is 12.1 Å². The first-order valence-corrected chi connectivity index (χ1v) is 4.23. The normalized spacial score (nSPS) is 14.6. The van der Waals surface area contributed by atoms with E-state index in [-0.39, 0.29) is 5.82 Å². The summed E-state index contributed by atoms with van der Waals surface area (Å²) in [7, 11) is 0. The number of allylic oxidation sites excluding steroid dienone is 1. The molecule has 0 spiro atoms. The number of hydrogen-bond acceptors (Lipinski definition) is 1. The zero-order valence-electron chi connectivity index (χ0n) is 6.68. The van der Waals surface area contributed by atoms with Gasteiger partial charge in [-0.25, -0.2) is 4.39 Å². The van der Waals surface area contributed by atoms with Crippen LogP contribution in [0.1, 0.15) is 11.1 Å². The second kappa shape index (κ2) is 2.96. The van der Waals surface area contributed by atoms with Crippen molar-refractivity contribution in [2.45, 2.75) is 6.42 Å². The van der Waals surface area contributed by atoms with Crippen LogP contribution in [-0.2, 0) is 11.2 Å². The third kappa shape index (κ3) is 1.27. The fraction of sp³-hybridized carbons (Fsp3) is 0.100. The van der Waals surface area contributed by atoms with Crippen molar-refractivity contribution < 1.29 is 9.18 Å². The molecule has 1 aliphatic carbocycles. The topological polar surface area (TPSA) is 17.1 Å². The Hall–Kier alpha value is -1.15. The highest BCUT2D eigenvalue weighted by molar-refractivity contribution is 6.51. The number of aldehydes is 1. The SMILES string of the molecule is O=CC1=C(Cl)c2cc(F)ccc2C1. The molecule has 13 heavy (non-hydrogen) atoms. The van der Waals surface area contributed by atoms with Crippen LogP contribution in [0.15, 0.2) is 23.8 Å². The number of benzene rings is 1. The van der Waals surface area contributed by atoms with Crippen LogP contribution >= 0.6 is 11.6 Å². The summed E-state index contributed by atoms with van der Waals surface area (Å²) in [5.74, 6) is -0.330. The fourth-order valence-corrected chi connectivity index (χ4v) is 1.74. The summed E-state index contributed by atoms with van der Waals surface area (Å²) in [5, 5.41) is 0.379. The molecule has 0 amide bonds. The van der Waals surface area contributed by atoms with E-state index in [1.54, 1.807) is 6.07 Å². The number of rotatable bonds is 1. The van der Waals surface area contributed by atoms with Crippen molar-refractivity contribution in [3.8, 4) is 0 Å². The maximum atomic E-state index is 12.8. The molecule has 1 aromatic carbocycles. The van der Waals surface area contributed by atoms with E-state index < -0.39 is 0 Å². The van der Waals surface area contributed by atoms with Crippen LogP contribution in [0.2, 0.25) is 0 Å². The number of carbonyl (C=O) groups excluding carboxylic acids is 1. The van der Waals surface area contributed by atoms with E-state index in [0.717, 1.165) is 11.8 Å². The summed E-state index contributed by atoms with van der Waals surface area (Å²) in [5.41, 5.74) is 2.08. The first kappa shape index (κ1) is 8.45. The lowest BCUT2D eigenvalue weighted by atomic mass is 10.1. The Morgan fingerprint density at radius 2 is 2.23 bits per heavy atom. The predicted molar refractivity (Wildman–Crippen MR) is 48.9 cm³/mol. The molecular formula is C10H6ClFO. The first-order chi connectivity index (χ1) is 6.22. The van der Waals surface area contributed by atoms with Crippen LogP contribution in [0.25, 0.3) is 5.03 Å². The molecule has 0 heterocycles. The fourth-order valence-electron chi connectivity index (χ4n) is 1.46. The molecule has 0 saturated heterocycles. The molecule has 0 bridgehead atoms. The smallest absolute Gasteiger partial charge is 0.147 e. The van der Waals surface area contributed by atoms with Crippen molar-refractivity contribution in [1.82, 2.24) is 0 Å². The average molecular weight is 197 g/mol. The summed E-state index contributed by atoms with van der Waals surface area (Å²) in [6.45, 7) is 0. The Labute approximate surface area is 79.8 Å². The van der Waals surface area contributed by atoms with Crippen LogP contribution in [0.5, 0.6) is 0 Å². The Kier molecular flexibility index (Phi) is 1.93. The van der Waals surface area contributed by atoms with Gasteiger partial charge in [0.05, 0.1) is 5.03 Å². The van der Waals surface area contributed by atoms with Crippen molar-refractivity contribution in [1.29, 1.82) is 0 Å². The van der Waals surface area contributed by atoms with Gasteiger partial charge in [0.15, 0.2) is 0 Å². The maximum Gasteiger partial charge on any atom is 0.147 e. The highest BCUT2D eigenvalue weighted by Gasteiger charge is 2.19. The molecule has 66 valence electrons. The number of fused-ring (bicyclic) bond motifs is 1. The summed E-state index contributed by atoms with van der Waals surface area (Å²) < 4.78 is 12.8. The Morgan fingerprint density at radius 1 is 1.46 bits per heavy atom. The van der Waals surface area contributed by atoms with Gasteiger partial charge in [-0.05, 0) is 23.3 Å². The van der Waals surface area contributed by atoms with Gasteiger partial charge in [-0.1, -0.05) is 17.7 Å². The highest BCUT2D eigenvalue weighted by atomic mass is 35.5. The maximum absolute atomic E-state index is 12.8. The molecule has 3 heteroatoms. The van der Waals surface area contributed by atoms with Gasteiger partial charge in [-0.2, -0.15) is 0 Å². The molecule has 0 radical (unpaired) electrons. The molecule has 0 aromatic heterocycles. The van der Waals surface area contributed by atoms with Crippen molar-refractivity contribution in [2.75, 3.05) is 0 Å². The molecule has 0 fully saturated rings. The third-order valence-electron chi connectivity index (χ3n) is 2.11. The van der Waals surface area contributed by atoms with Crippen LogP contribution < -0.4 is 0 Å². The van der Waals surface area contributed by atoms with Crippen LogP contribution in [0.3, 0.4) is 0 Å². The Morgan fingerprint density at radius 3 is 2.92 bits per heavy atom. The standard InChI is InChI=1S/C10H6ClFO/c11-10-7(5-13)3-6-1-2-8(12)4-9(6)10/h1-2,4-5H,3H2. The van der Waals surface area contributed by atoms with E-state index >= 15 is 0 Å². The lowest BCUT2D eigenvalue weighted by molar-refractivity contribution is -0.104. The van der Waals surface area contributed by atoms with Gasteiger partial charge in [-0.15, -0.1) is 0 Å². The van der Waals surface area contributed by atoms with Crippen LogP contribution in [0, 0.1) is 5.82 Å². The van der Waals surface area contributed by atoms with Crippen LogP contribution in [-0.4, -0.2) is 6.29 Å². The van der Waals surface area contributed by atoms with E-state index in [9.17, 15) is 9.18 Å². The van der Waals surface area contributed by atoms with Gasteiger partial charge in [0.1, 0.15) is 12.1 Å². The summed E-state index contributed by atoms with van der Waals surface area (Å²) in [6, 6.07) is 4.38. The molecule has 1 nitrogen and oxygen atoms in total. The molecule has 0 N–H and O–H groups in total. The lowest BCUT2D eigenvalue weighted by Gasteiger charge is -1.97. The average Bonchev–Trinajstić information content (AvgIpc) is 2.44. The van der Waals surface area contributed by atoms with Crippen LogP contribution in [0.4, 0.5) is 4.39 Å². The van der Waals surface area contributed by atoms with Crippen molar-refractivity contribution in [3.63, 3.8) is 0 Å². The Balaban J connectivity index is 2.58. The monoisotopic (exact) mass is 196 g/mol. The number of halogens is 2. The van der Waals surface area contributed by atoms with Gasteiger partial charge < -0.3 is 0 Å². The Bertz CT molecular complexity index is 409. The van der Waals surface area contributed by atoms with Crippen molar-refractivity contribution >= 4 is 22.9 Å². The van der Waals surface area contributed by atoms with E-state index in [1.807, 2.05) is 0 Å². The second-order valence-corrected chi connectivity index (χ2v) is 3.31. The predicted octanol–water partition coefficient (Wildman–Crippen LogP) is 2.53. The highest BCUT2D eigenvalue weighted by Crippen LogP contribution is 2.34. The molecule has 0 atom stereocenters. The van der Waals surface area contributed by atoms with Crippen molar-refractivity contribution in [3.05, 3.63) is 40.7 Å². The molecule has 1 aliphatic rings. The van der Waals surface area contributed by atoms with Gasteiger partial charge in [-0.3, -0.25) is 4.79 Å². The van der Waals surface area contributed by atoms with E-state index in [4.69, 9.17) is 11.6 Å². The van der Waals surface area contributed by atoms with E-state index in [2.05, 4.69) is 0 Å². The van der Waals surface area contributed by atoms with Crippen molar-refractivity contribution in [2.24, 2.45) is 0 Å². The summed E-state index contributed by atoms with van der Waals surface area (Å²) >= 11 is 5.86. The molecule has 0 unspecified atom stereocenters. The number of carbonyl (C=O) groups is 1. The zero-order chi connectivity index (χ0) is 9.42. The quantitative estimate of drug-likeness (QED) is 0.631. The first-order valence-electron chi connectivity index (χ1n) is 3.85. The minimum atomic E-state index is -0.330. The third-order valence-corrected chi connectivity index (χ3v) is 2.56. The molecule has 2 rings (SSSR count). The second-order valence-electron chi connectivity index (χ2n) is 2.94. The zero-order valence-corrected chi connectivity index (χ0v) is 7.44. The van der Waals surface area contributed by atoms with Gasteiger partial charge in [0, 0.05) is 12.0 Å². The minimum absolute atomic E-state index is 0.330. The molecule has 0 aliphatic heterocycles. The molecule has 0 saturated carbocycles. The largest absolute Gasteiger partial charge is 0.298 e. The number of hydrogen-bond donors (Lipinski definition) is 0. The summed E-state index contributed by atoms with van der Waals surface area (Å²) in [6.07, 6.45) is 1.23. The van der Waals surface area contributed by atoms with Gasteiger partial charge in [0.2, 0.25) is 0 Å². The molecular weight excluding hydrogens is 191 g/mol. The van der Waals surface area contributed by atoms with Gasteiger partial charge >= 0.3 is 0 Å². The molecule has 1 aromatic rings.